The molecule has 2 aromatic rings. The Bertz CT molecular complexity index is 1150. The molecule has 2 aliphatic rings. The van der Waals surface area contributed by atoms with Crippen LogP contribution in [0.2, 0.25) is 0 Å². The van der Waals surface area contributed by atoms with Gasteiger partial charge in [0.2, 0.25) is 0 Å². The average molecular weight is 567 g/mol. The minimum Gasteiger partial charge on any atom is -0.378 e. The third kappa shape index (κ3) is 7.58. The minimum absolute atomic E-state index is 0.0362. The molecule has 204 valence electrons. The summed E-state index contributed by atoms with van der Waals surface area (Å²) in [7, 11) is 0. The summed E-state index contributed by atoms with van der Waals surface area (Å²) >= 11 is 2.26. The lowest BCUT2D eigenvalue weighted by Gasteiger charge is -2.35. The zero-order chi connectivity index (χ0) is 27.1. The molecule has 0 radical (unpaired) electrons. The monoisotopic (exact) mass is 566 g/mol. The Kier molecular flexibility index (Phi) is 9.85. The topological polar surface area (TPSA) is 68.2 Å². The number of alkyl halides is 2. The number of halogens is 4. The van der Waals surface area contributed by atoms with Crippen LogP contribution in [0.4, 0.5) is 23.2 Å². The van der Waals surface area contributed by atoms with Crippen LogP contribution in [0, 0.1) is 23.0 Å². The van der Waals surface area contributed by atoms with E-state index in [1.165, 1.54) is 36.0 Å². The van der Waals surface area contributed by atoms with Crippen LogP contribution in [0.3, 0.4) is 0 Å². The van der Waals surface area contributed by atoms with Crippen LogP contribution in [-0.4, -0.2) is 54.1 Å². The van der Waals surface area contributed by atoms with E-state index in [4.69, 9.17) is 0 Å². The Morgan fingerprint density at radius 2 is 1.84 bits per heavy atom. The molecule has 1 amide bonds. The van der Waals surface area contributed by atoms with Gasteiger partial charge in [0, 0.05) is 41.2 Å². The van der Waals surface area contributed by atoms with Gasteiger partial charge in [-0.2, -0.15) is 5.26 Å². The van der Waals surface area contributed by atoms with E-state index >= 15 is 4.39 Å². The van der Waals surface area contributed by atoms with E-state index in [0.717, 1.165) is 23.3 Å². The van der Waals surface area contributed by atoms with Crippen molar-refractivity contribution in [2.24, 2.45) is 0 Å². The number of anilines is 1. The van der Waals surface area contributed by atoms with Crippen molar-refractivity contribution in [3.8, 4) is 6.07 Å². The predicted molar refractivity (Wildman–Crippen MR) is 143 cm³/mol. The molecule has 0 spiro atoms. The van der Waals surface area contributed by atoms with E-state index in [1.807, 2.05) is 11.0 Å². The first-order chi connectivity index (χ1) is 18.3. The van der Waals surface area contributed by atoms with Crippen LogP contribution in [-0.2, 0) is 4.79 Å². The van der Waals surface area contributed by atoms with Gasteiger partial charge in [0.05, 0.1) is 11.3 Å². The van der Waals surface area contributed by atoms with Gasteiger partial charge in [-0.05, 0) is 80.5 Å². The lowest BCUT2D eigenvalue weighted by atomic mass is 9.86. The molecule has 2 aromatic carbocycles. The Balaban J connectivity index is 1.42. The smallest absolute Gasteiger partial charge is 0.267 e. The number of likely N-dealkylation sites (tertiary alicyclic amines) is 1. The number of amides is 1. The van der Waals surface area contributed by atoms with Gasteiger partial charge >= 0.3 is 0 Å². The van der Waals surface area contributed by atoms with E-state index in [0.29, 0.717) is 44.6 Å². The first-order valence-corrected chi connectivity index (χ1v) is 14.5. The number of hydrogen-bond acceptors (Lipinski definition) is 6. The van der Waals surface area contributed by atoms with Crippen molar-refractivity contribution in [1.82, 2.24) is 9.62 Å². The Hall–Kier alpha value is -2.42. The zero-order valence-electron chi connectivity index (χ0n) is 20.8. The molecule has 2 fully saturated rings. The summed E-state index contributed by atoms with van der Waals surface area (Å²) in [4.78, 5) is 15.5. The minimum atomic E-state index is -1.92. The number of carbonyl (C=O) groups is 1. The van der Waals surface area contributed by atoms with E-state index in [2.05, 4.69) is 10.0 Å². The highest BCUT2D eigenvalue weighted by Gasteiger charge is 2.39. The van der Waals surface area contributed by atoms with Crippen LogP contribution in [0.25, 0.3) is 0 Å². The fraction of sp³-hybridized carbons (Fsp3) is 0.481. The summed E-state index contributed by atoms with van der Waals surface area (Å²) in [5.74, 6) is -1.23. The fourth-order valence-electron chi connectivity index (χ4n) is 4.57. The highest BCUT2D eigenvalue weighted by Crippen LogP contribution is 2.34. The van der Waals surface area contributed by atoms with Crippen LogP contribution in [0.5, 0.6) is 0 Å². The van der Waals surface area contributed by atoms with E-state index in [-0.39, 0.29) is 40.8 Å². The van der Waals surface area contributed by atoms with Gasteiger partial charge in [0.25, 0.3) is 5.91 Å². The number of thioether (sulfide) groups is 1. The fourth-order valence-corrected chi connectivity index (χ4v) is 6.27. The molecule has 1 aliphatic heterocycles. The van der Waals surface area contributed by atoms with Crippen LogP contribution >= 0.6 is 23.7 Å². The summed E-state index contributed by atoms with van der Waals surface area (Å²) in [6, 6.07) is 10.5. The molecule has 1 saturated heterocycles. The van der Waals surface area contributed by atoms with Crippen molar-refractivity contribution in [2.75, 3.05) is 30.7 Å². The number of hydrogen-bond donors (Lipinski definition) is 2. The van der Waals surface area contributed by atoms with Gasteiger partial charge in [-0.15, -0.1) is 11.8 Å². The Labute approximate surface area is 228 Å². The van der Waals surface area contributed by atoms with Gasteiger partial charge in [0.1, 0.15) is 23.9 Å². The number of benzene rings is 2. The third-order valence-electron chi connectivity index (χ3n) is 6.82. The largest absolute Gasteiger partial charge is 0.378 e. The highest BCUT2D eigenvalue weighted by molar-refractivity contribution is 7.99. The van der Waals surface area contributed by atoms with Gasteiger partial charge in [-0.1, -0.05) is 6.42 Å². The summed E-state index contributed by atoms with van der Waals surface area (Å²) in [5, 5.41) is 12.9. The zero-order valence-corrected chi connectivity index (χ0v) is 22.5. The second-order valence-corrected chi connectivity index (χ2v) is 11.7. The summed E-state index contributed by atoms with van der Waals surface area (Å²) < 4.78 is 59.1. The Morgan fingerprint density at radius 1 is 1.13 bits per heavy atom. The normalized spacial score (nSPS) is 18.3. The van der Waals surface area contributed by atoms with Crippen molar-refractivity contribution in [2.45, 2.75) is 66.2 Å². The highest BCUT2D eigenvalue weighted by atomic mass is 32.2. The maximum absolute atomic E-state index is 15.2. The number of nitrogens with zero attached hydrogens (tertiary/aromatic N) is 2. The number of carbonyl (C=O) groups excluding carboxylic acids is 1. The lowest BCUT2D eigenvalue weighted by molar-refractivity contribution is -0.132. The maximum Gasteiger partial charge on any atom is 0.267 e. The summed E-state index contributed by atoms with van der Waals surface area (Å²) in [6.07, 6.45) is 2.28. The molecule has 11 heteroatoms. The third-order valence-corrected chi connectivity index (χ3v) is 8.75. The molecule has 0 aromatic heterocycles. The van der Waals surface area contributed by atoms with Gasteiger partial charge in [-0.25, -0.2) is 17.6 Å². The van der Waals surface area contributed by atoms with Crippen molar-refractivity contribution in [1.29, 1.82) is 5.26 Å². The van der Waals surface area contributed by atoms with Crippen molar-refractivity contribution in [3.63, 3.8) is 0 Å². The van der Waals surface area contributed by atoms with Crippen molar-refractivity contribution in [3.05, 3.63) is 53.6 Å². The average Bonchev–Trinajstić information content (AvgIpc) is 2.89. The SMILES string of the molecule is N#Cc1cc(SNC(=O)C2(F)CCCCC2)cc(F)c1NC(CCN1CC(F)C1)CSc1ccc(F)cc1. The number of nitrogens with one attached hydrogen (secondary N) is 2. The van der Waals surface area contributed by atoms with Crippen molar-refractivity contribution < 1.29 is 22.4 Å². The lowest BCUT2D eigenvalue weighted by Crippen LogP contribution is -2.49. The Morgan fingerprint density at radius 3 is 2.50 bits per heavy atom. The van der Waals surface area contributed by atoms with E-state index in [9.17, 15) is 23.2 Å². The molecular weight excluding hydrogens is 536 g/mol. The molecule has 1 heterocycles. The first-order valence-electron chi connectivity index (χ1n) is 12.7. The molecule has 5 nitrogen and oxygen atoms in total. The standard InChI is InChI=1S/C27H30F4N4OS2/c28-19-4-6-22(7-5-19)37-17-21(8-11-35-15-20(29)16-35)33-25-18(14-32)12-23(13-24(25)30)38-34-26(36)27(31)9-2-1-3-10-27/h4-7,12-13,20-21,33H,1-3,8-11,15-17H2,(H,34,36). The van der Waals surface area contributed by atoms with Gasteiger partial charge < -0.3 is 5.32 Å². The molecular formula is C27H30F4N4OS2. The van der Waals surface area contributed by atoms with Crippen LogP contribution < -0.4 is 10.0 Å². The quantitative estimate of drug-likeness (QED) is 0.190. The molecule has 1 aliphatic carbocycles. The van der Waals surface area contributed by atoms with Crippen LogP contribution in [0.1, 0.15) is 44.1 Å². The second kappa shape index (κ2) is 13.1. The number of nitriles is 1. The first kappa shape index (κ1) is 28.6. The van der Waals surface area contributed by atoms with Crippen LogP contribution in [0.15, 0.2) is 46.2 Å². The van der Waals surface area contributed by atoms with E-state index < -0.39 is 23.6 Å². The molecule has 38 heavy (non-hydrogen) atoms. The van der Waals surface area contributed by atoms with E-state index in [1.54, 1.807) is 12.1 Å². The molecule has 1 unspecified atom stereocenters. The number of rotatable bonds is 11. The summed E-state index contributed by atoms with van der Waals surface area (Å²) in [5.41, 5.74) is -1.83. The van der Waals surface area contributed by atoms with Gasteiger partial charge in [0.15, 0.2) is 5.67 Å². The molecule has 4 rings (SSSR count). The summed E-state index contributed by atoms with van der Waals surface area (Å²) in [6.45, 7) is 1.34. The molecule has 2 N–H and O–H groups in total. The second-order valence-electron chi connectivity index (χ2n) is 9.75. The molecule has 1 atom stereocenters. The maximum atomic E-state index is 15.2. The molecule has 1 saturated carbocycles. The molecule has 0 bridgehead atoms. The predicted octanol–water partition coefficient (Wildman–Crippen LogP) is 6.25. The van der Waals surface area contributed by atoms with Crippen molar-refractivity contribution >= 4 is 35.3 Å². The van der Waals surface area contributed by atoms with Gasteiger partial charge in [-0.3, -0.25) is 14.4 Å².